The average Bonchev–Trinajstić information content (AvgIpc) is 2.77. The Kier molecular flexibility index (Phi) is 4.52. The SMILES string of the molecule is COCc1nc(-c2cn(C)nc2C(C)(C)C)[nH]c(=O)c1I. The van der Waals surface area contributed by atoms with Gasteiger partial charge in [-0.15, -0.1) is 0 Å². The van der Waals surface area contributed by atoms with Crippen molar-refractivity contribution >= 4 is 22.6 Å². The Morgan fingerprint density at radius 3 is 2.67 bits per heavy atom. The Labute approximate surface area is 137 Å². The van der Waals surface area contributed by atoms with Crippen LogP contribution in [0.15, 0.2) is 11.0 Å². The molecule has 0 amide bonds. The number of aryl methyl sites for hydroxylation is 1. The highest BCUT2D eigenvalue weighted by Gasteiger charge is 2.24. The van der Waals surface area contributed by atoms with Crippen molar-refractivity contribution in [2.75, 3.05) is 7.11 Å². The zero-order valence-corrected chi connectivity index (χ0v) is 15.0. The normalized spacial score (nSPS) is 11.9. The molecule has 0 atom stereocenters. The fourth-order valence-corrected chi connectivity index (χ4v) is 2.49. The minimum Gasteiger partial charge on any atom is -0.378 e. The smallest absolute Gasteiger partial charge is 0.264 e. The van der Waals surface area contributed by atoms with Gasteiger partial charge in [0.1, 0.15) is 9.39 Å². The fraction of sp³-hybridized carbons (Fsp3) is 0.500. The lowest BCUT2D eigenvalue weighted by Gasteiger charge is -2.17. The highest BCUT2D eigenvalue weighted by atomic mass is 127. The van der Waals surface area contributed by atoms with E-state index >= 15 is 0 Å². The summed E-state index contributed by atoms with van der Waals surface area (Å²) < 4.78 is 7.41. The third kappa shape index (κ3) is 3.34. The lowest BCUT2D eigenvalue weighted by molar-refractivity contribution is 0.180. The molecule has 0 unspecified atom stereocenters. The molecule has 0 aliphatic rings. The maximum absolute atomic E-state index is 12.1. The van der Waals surface area contributed by atoms with Gasteiger partial charge in [-0.05, 0) is 22.6 Å². The molecule has 2 heterocycles. The second-order valence-corrected chi connectivity index (χ2v) is 7.00. The van der Waals surface area contributed by atoms with Crippen LogP contribution in [0.25, 0.3) is 11.4 Å². The van der Waals surface area contributed by atoms with Crippen LogP contribution in [0.2, 0.25) is 0 Å². The van der Waals surface area contributed by atoms with Gasteiger partial charge in [0.2, 0.25) is 0 Å². The van der Waals surface area contributed by atoms with Gasteiger partial charge in [0.15, 0.2) is 0 Å². The Hall–Kier alpha value is -1.22. The molecule has 7 heteroatoms. The monoisotopic (exact) mass is 402 g/mol. The standard InChI is InChI=1S/C14H19IN4O2/c1-14(2,3)11-8(6-19(4)18-11)12-16-9(7-21-5)10(15)13(20)17-12/h6H,7H2,1-5H3,(H,16,17,20). The van der Waals surface area contributed by atoms with Crippen LogP contribution in [0.1, 0.15) is 32.2 Å². The zero-order chi connectivity index (χ0) is 15.8. The first-order valence-corrected chi connectivity index (χ1v) is 7.64. The zero-order valence-electron chi connectivity index (χ0n) is 12.8. The molecule has 6 nitrogen and oxygen atoms in total. The van der Waals surface area contributed by atoms with Crippen molar-refractivity contribution in [3.05, 3.63) is 31.5 Å². The highest BCUT2D eigenvalue weighted by molar-refractivity contribution is 14.1. The summed E-state index contributed by atoms with van der Waals surface area (Å²) in [6.45, 7) is 6.55. The van der Waals surface area contributed by atoms with E-state index < -0.39 is 0 Å². The number of halogens is 1. The Morgan fingerprint density at radius 2 is 2.10 bits per heavy atom. The first-order chi connectivity index (χ1) is 9.74. The number of ether oxygens (including phenoxy) is 1. The van der Waals surface area contributed by atoms with E-state index in [-0.39, 0.29) is 11.0 Å². The minimum atomic E-state index is -0.156. The molecule has 0 radical (unpaired) electrons. The third-order valence-electron chi connectivity index (χ3n) is 3.01. The maximum Gasteiger partial charge on any atom is 0.264 e. The number of rotatable bonds is 3. The number of hydrogen-bond donors (Lipinski definition) is 1. The van der Waals surface area contributed by atoms with Crippen molar-refractivity contribution in [1.29, 1.82) is 0 Å². The first-order valence-electron chi connectivity index (χ1n) is 6.56. The van der Waals surface area contributed by atoms with Crippen LogP contribution in [0.5, 0.6) is 0 Å². The van der Waals surface area contributed by atoms with Crippen molar-refractivity contribution in [3.8, 4) is 11.4 Å². The quantitative estimate of drug-likeness (QED) is 0.800. The Morgan fingerprint density at radius 1 is 1.43 bits per heavy atom. The van der Waals surface area contributed by atoms with E-state index in [0.29, 0.717) is 21.7 Å². The van der Waals surface area contributed by atoms with Crippen molar-refractivity contribution in [2.24, 2.45) is 7.05 Å². The summed E-state index contributed by atoms with van der Waals surface area (Å²) in [5.74, 6) is 0.533. The molecule has 0 saturated carbocycles. The number of aromatic nitrogens is 4. The molecule has 2 aromatic rings. The second-order valence-electron chi connectivity index (χ2n) is 5.92. The lowest BCUT2D eigenvalue weighted by atomic mass is 9.89. The van der Waals surface area contributed by atoms with Gasteiger partial charge in [0.05, 0.1) is 23.6 Å². The number of nitrogens with zero attached hydrogens (tertiary/aromatic N) is 3. The summed E-state index contributed by atoms with van der Waals surface area (Å²) in [6.07, 6.45) is 1.88. The minimum absolute atomic E-state index is 0.139. The molecule has 0 spiro atoms. The van der Waals surface area contributed by atoms with Crippen LogP contribution in [0.4, 0.5) is 0 Å². The summed E-state index contributed by atoms with van der Waals surface area (Å²) in [7, 11) is 3.45. The number of methoxy groups -OCH3 is 1. The highest BCUT2D eigenvalue weighted by Crippen LogP contribution is 2.29. The first kappa shape index (κ1) is 16.2. The molecule has 21 heavy (non-hydrogen) atoms. The summed E-state index contributed by atoms with van der Waals surface area (Å²) in [4.78, 5) is 19.5. The Bertz CT molecular complexity index is 713. The largest absolute Gasteiger partial charge is 0.378 e. The summed E-state index contributed by atoms with van der Waals surface area (Å²) in [6, 6.07) is 0. The van der Waals surface area contributed by atoms with Crippen molar-refractivity contribution in [2.45, 2.75) is 32.8 Å². The van der Waals surface area contributed by atoms with Crippen LogP contribution in [-0.4, -0.2) is 26.9 Å². The van der Waals surface area contributed by atoms with Crippen molar-refractivity contribution in [1.82, 2.24) is 19.7 Å². The van der Waals surface area contributed by atoms with Gasteiger partial charge in [-0.2, -0.15) is 5.10 Å². The topological polar surface area (TPSA) is 72.8 Å². The predicted octanol–water partition coefficient (Wildman–Crippen LogP) is 2.22. The van der Waals surface area contributed by atoms with E-state index in [2.05, 4.69) is 35.8 Å². The molecule has 0 aliphatic heterocycles. The molecule has 0 fully saturated rings. The van der Waals surface area contributed by atoms with Crippen LogP contribution < -0.4 is 5.56 Å². The van der Waals surface area contributed by atoms with Gasteiger partial charge < -0.3 is 9.72 Å². The molecule has 1 N–H and O–H groups in total. The summed E-state index contributed by atoms with van der Waals surface area (Å²) in [5, 5.41) is 4.51. The predicted molar refractivity (Wildman–Crippen MR) is 89.2 cm³/mol. The molecular formula is C14H19IN4O2. The van der Waals surface area contributed by atoms with Gasteiger partial charge in [-0.25, -0.2) is 4.98 Å². The number of hydrogen-bond acceptors (Lipinski definition) is 4. The van der Waals surface area contributed by atoms with Crippen LogP contribution in [0.3, 0.4) is 0 Å². The molecule has 114 valence electrons. The molecule has 2 rings (SSSR count). The second kappa shape index (κ2) is 5.88. The summed E-state index contributed by atoms with van der Waals surface area (Å²) in [5.41, 5.74) is 2.09. The molecule has 2 aromatic heterocycles. The summed E-state index contributed by atoms with van der Waals surface area (Å²) >= 11 is 1.99. The van der Waals surface area contributed by atoms with E-state index in [1.165, 1.54) is 0 Å². The number of nitrogens with one attached hydrogen (secondary N) is 1. The molecule has 0 bridgehead atoms. The third-order valence-corrected chi connectivity index (χ3v) is 4.12. The number of H-pyrrole nitrogens is 1. The van der Waals surface area contributed by atoms with Crippen LogP contribution in [-0.2, 0) is 23.8 Å². The number of aromatic amines is 1. The van der Waals surface area contributed by atoms with E-state index in [0.717, 1.165) is 11.3 Å². The maximum atomic E-state index is 12.1. The van der Waals surface area contributed by atoms with Crippen molar-refractivity contribution in [3.63, 3.8) is 0 Å². The Balaban J connectivity index is 2.65. The van der Waals surface area contributed by atoms with Gasteiger partial charge in [-0.3, -0.25) is 9.48 Å². The van der Waals surface area contributed by atoms with E-state index in [1.54, 1.807) is 11.8 Å². The van der Waals surface area contributed by atoms with Gasteiger partial charge in [0, 0.05) is 25.8 Å². The van der Waals surface area contributed by atoms with E-state index in [4.69, 9.17) is 4.74 Å². The molecule has 0 aromatic carbocycles. The fourth-order valence-electron chi connectivity index (χ4n) is 2.08. The lowest BCUT2D eigenvalue weighted by Crippen LogP contribution is -2.19. The van der Waals surface area contributed by atoms with Gasteiger partial charge in [0.25, 0.3) is 5.56 Å². The van der Waals surface area contributed by atoms with Crippen LogP contribution in [0, 0.1) is 3.57 Å². The molecular weight excluding hydrogens is 383 g/mol. The molecule has 0 aliphatic carbocycles. The van der Waals surface area contributed by atoms with Crippen LogP contribution >= 0.6 is 22.6 Å². The van der Waals surface area contributed by atoms with Crippen molar-refractivity contribution < 1.29 is 4.74 Å². The van der Waals surface area contributed by atoms with Gasteiger partial charge in [-0.1, -0.05) is 20.8 Å². The van der Waals surface area contributed by atoms with E-state index in [1.807, 2.05) is 35.8 Å². The van der Waals surface area contributed by atoms with E-state index in [9.17, 15) is 4.79 Å². The average molecular weight is 402 g/mol. The van der Waals surface area contributed by atoms with Gasteiger partial charge >= 0.3 is 0 Å². The molecule has 0 saturated heterocycles.